The molecule has 1 N–H and O–H groups in total. The molecule has 1 rings (SSSR count). The van der Waals surface area contributed by atoms with Gasteiger partial charge in [0.05, 0.1) is 6.10 Å². The van der Waals surface area contributed by atoms with E-state index in [1.807, 2.05) is 0 Å². The van der Waals surface area contributed by atoms with Crippen molar-refractivity contribution in [3.63, 3.8) is 0 Å². The average molecular weight is 242 g/mol. The summed E-state index contributed by atoms with van der Waals surface area (Å²) >= 11 is 0. The van der Waals surface area contributed by atoms with Crippen LogP contribution in [-0.2, 0) is 0 Å². The molecule has 1 aliphatic heterocycles. The second-order valence-electron chi connectivity index (χ2n) is 6.79. The van der Waals surface area contributed by atoms with Crippen LogP contribution in [-0.4, -0.2) is 59.8 Å². The molecule has 0 bridgehead atoms. The van der Waals surface area contributed by atoms with E-state index in [1.54, 1.807) is 0 Å². The SMILES string of the molecule is CC1CN(CCC(O)C(C)(C)C)CC(C)N1C. The number of nitrogens with zero attached hydrogens (tertiary/aromatic N) is 2. The van der Waals surface area contributed by atoms with Crippen molar-refractivity contribution in [1.82, 2.24) is 9.80 Å². The van der Waals surface area contributed by atoms with Gasteiger partial charge in [0, 0.05) is 31.7 Å². The Labute approximate surface area is 107 Å². The van der Waals surface area contributed by atoms with Crippen LogP contribution in [0.15, 0.2) is 0 Å². The number of piperazine rings is 1. The number of hydrogen-bond acceptors (Lipinski definition) is 3. The minimum absolute atomic E-state index is 0.00378. The molecule has 17 heavy (non-hydrogen) atoms. The van der Waals surface area contributed by atoms with Gasteiger partial charge < -0.3 is 10.0 Å². The molecule has 0 radical (unpaired) electrons. The van der Waals surface area contributed by atoms with Crippen molar-refractivity contribution in [3.05, 3.63) is 0 Å². The summed E-state index contributed by atoms with van der Waals surface area (Å²) in [6.45, 7) is 14.1. The lowest BCUT2D eigenvalue weighted by atomic mass is 9.87. The highest BCUT2D eigenvalue weighted by molar-refractivity contribution is 4.83. The summed E-state index contributed by atoms with van der Waals surface area (Å²) in [6, 6.07) is 1.23. The van der Waals surface area contributed by atoms with Crippen molar-refractivity contribution in [3.8, 4) is 0 Å². The minimum atomic E-state index is -0.201. The van der Waals surface area contributed by atoms with Crippen LogP contribution in [0.4, 0.5) is 0 Å². The van der Waals surface area contributed by atoms with Crippen molar-refractivity contribution < 1.29 is 5.11 Å². The highest BCUT2D eigenvalue weighted by Gasteiger charge is 2.28. The fourth-order valence-electron chi connectivity index (χ4n) is 2.43. The largest absolute Gasteiger partial charge is 0.393 e. The van der Waals surface area contributed by atoms with E-state index in [1.165, 1.54) is 0 Å². The van der Waals surface area contributed by atoms with Crippen LogP contribution in [0.25, 0.3) is 0 Å². The van der Waals surface area contributed by atoms with Crippen molar-refractivity contribution in [2.75, 3.05) is 26.7 Å². The molecule has 3 nitrogen and oxygen atoms in total. The van der Waals surface area contributed by atoms with Gasteiger partial charge in [-0.2, -0.15) is 0 Å². The summed E-state index contributed by atoms with van der Waals surface area (Å²) in [5.74, 6) is 0. The van der Waals surface area contributed by atoms with Gasteiger partial charge in [0.1, 0.15) is 0 Å². The van der Waals surface area contributed by atoms with Gasteiger partial charge in [-0.15, -0.1) is 0 Å². The lowest BCUT2D eigenvalue weighted by Crippen LogP contribution is -2.55. The van der Waals surface area contributed by atoms with Crippen molar-refractivity contribution in [2.45, 2.75) is 59.2 Å². The molecule has 0 aliphatic carbocycles. The zero-order valence-corrected chi connectivity index (χ0v) is 12.4. The lowest BCUT2D eigenvalue weighted by molar-refractivity contribution is 0.0215. The van der Waals surface area contributed by atoms with E-state index >= 15 is 0 Å². The molecule has 0 amide bonds. The summed E-state index contributed by atoms with van der Waals surface area (Å²) < 4.78 is 0. The summed E-state index contributed by atoms with van der Waals surface area (Å²) in [7, 11) is 2.21. The summed E-state index contributed by atoms with van der Waals surface area (Å²) in [6.07, 6.45) is 0.680. The third-order valence-corrected chi connectivity index (χ3v) is 4.15. The van der Waals surface area contributed by atoms with Crippen LogP contribution < -0.4 is 0 Å². The van der Waals surface area contributed by atoms with Crippen LogP contribution in [0.1, 0.15) is 41.0 Å². The Morgan fingerprint density at radius 3 is 2.06 bits per heavy atom. The summed E-state index contributed by atoms with van der Waals surface area (Å²) in [4.78, 5) is 4.93. The van der Waals surface area contributed by atoms with Crippen molar-refractivity contribution in [1.29, 1.82) is 0 Å². The van der Waals surface area contributed by atoms with Crippen LogP contribution in [0.2, 0.25) is 0 Å². The van der Waals surface area contributed by atoms with Crippen LogP contribution in [0, 0.1) is 5.41 Å². The molecule has 0 aromatic rings. The number of hydrogen-bond donors (Lipinski definition) is 1. The standard InChI is InChI=1S/C14H30N2O/c1-11-9-16(10-12(2)15(11)6)8-7-13(17)14(3,4)5/h11-13,17H,7-10H2,1-6H3. The molecule has 1 fully saturated rings. The van der Waals surface area contributed by atoms with Crippen LogP contribution in [0.5, 0.6) is 0 Å². The quantitative estimate of drug-likeness (QED) is 0.817. The Bertz CT molecular complexity index is 225. The molecular weight excluding hydrogens is 212 g/mol. The van der Waals surface area contributed by atoms with E-state index in [0.29, 0.717) is 12.1 Å². The topological polar surface area (TPSA) is 26.7 Å². The number of aliphatic hydroxyl groups is 1. The maximum absolute atomic E-state index is 10.1. The maximum Gasteiger partial charge on any atom is 0.0600 e. The van der Waals surface area contributed by atoms with Crippen LogP contribution >= 0.6 is 0 Å². The summed E-state index contributed by atoms with van der Waals surface area (Å²) in [5, 5.41) is 10.1. The van der Waals surface area contributed by atoms with Gasteiger partial charge in [-0.25, -0.2) is 0 Å². The van der Waals surface area contributed by atoms with Gasteiger partial charge in [-0.1, -0.05) is 20.8 Å². The van der Waals surface area contributed by atoms with E-state index in [0.717, 1.165) is 26.1 Å². The van der Waals surface area contributed by atoms with E-state index in [2.05, 4.69) is 51.5 Å². The maximum atomic E-state index is 10.1. The fraction of sp³-hybridized carbons (Fsp3) is 1.00. The predicted octanol–water partition coefficient (Wildman–Crippen LogP) is 1.81. The van der Waals surface area contributed by atoms with Crippen molar-refractivity contribution in [2.24, 2.45) is 5.41 Å². The second-order valence-corrected chi connectivity index (χ2v) is 6.79. The van der Waals surface area contributed by atoms with Gasteiger partial charge in [-0.05, 0) is 32.7 Å². The first kappa shape index (κ1) is 14.9. The van der Waals surface area contributed by atoms with Gasteiger partial charge in [-0.3, -0.25) is 4.90 Å². The van der Waals surface area contributed by atoms with E-state index in [9.17, 15) is 5.11 Å². The fourth-order valence-corrected chi connectivity index (χ4v) is 2.43. The molecule has 3 atom stereocenters. The molecule has 3 unspecified atom stereocenters. The zero-order chi connectivity index (χ0) is 13.2. The van der Waals surface area contributed by atoms with Crippen molar-refractivity contribution >= 4 is 0 Å². The Balaban J connectivity index is 2.38. The molecule has 1 heterocycles. The third-order valence-electron chi connectivity index (χ3n) is 4.15. The molecule has 102 valence electrons. The highest BCUT2D eigenvalue weighted by atomic mass is 16.3. The number of likely N-dealkylation sites (N-methyl/N-ethyl adjacent to an activating group) is 1. The molecule has 0 spiro atoms. The summed E-state index contributed by atoms with van der Waals surface area (Å²) in [5.41, 5.74) is 0.00378. The van der Waals surface area contributed by atoms with Gasteiger partial charge >= 0.3 is 0 Å². The molecule has 0 aromatic heterocycles. The smallest absolute Gasteiger partial charge is 0.0600 e. The Hall–Kier alpha value is -0.120. The number of rotatable bonds is 3. The molecular formula is C14H30N2O. The Morgan fingerprint density at radius 1 is 1.18 bits per heavy atom. The molecule has 0 saturated carbocycles. The highest BCUT2D eigenvalue weighted by Crippen LogP contribution is 2.22. The van der Waals surface area contributed by atoms with E-state index in [-0.39, 0.29) is 11.5 Å². The lowest BCUT2D eigenvalue weighted by Gasteiger charge is -2.43. The first-order valence-corrected chi connectivity index (χ1v) is 6.84. The first-order chi connectivity index (χ1) is 7.71. The van der Waals surface area contributed by atoms with Gasteiger partial charge in [0.25, 0.3) is 0 Å². The molecule has 1 aliphatic rings. The first-order valence-electron chi connectivity index (χ1n) is 6.84. The molecule has 1 saturated heterocycles. The van der Waals surface area contributed by atoms with Crippen LogP contribution in [0.3, 0.4) is 0 Å². The molecule has 0 aromatic carbocycles. The van der Waals surface area contributed by atoms with E-state index in [4.69, 9.17) is 0 Å². The minimum Gasteiger partial charge on any atom is -0.393 e. The van der Waals surface area contributed by atoms with Gasteiger partial charge in [0.15, 0.2) is 0 Å². The second kappa shape index (κ2) is 5.68. The normalized spacial score (nSPS) is 30.5. The van der Waals surface area contributed by atoms with E-state index < -0.39 is 0 Å². The third kappa shape index (κ3) is 4.23. The zero-order valence-electron chi connectivity index (χ0n) is 12.4. The van der Waals surface area contributed by atoms with Gasteiger partial charge in [0.2, 0.25) is 0 Å². The monoisotopic (exact) mass is 242 g/mol. The Kier molecular flexibility index (Phi) is 4.99. The number of aliphatic hydroxyl groups excluding tert-OH is 1. The Morgan fingerprint density at radius 2 is 1.65 bits per heavy atom. The predicted molar refractivity (Wildman–Crippen MR) is 73.2 cm³/mol. The molecule has 3 heteroatoms. The average Bonchev–Trinajstić information content (AvgIpc) is 2.20.